The van der Waals surface area contributed by atoms with Crippen LogP contribution in [0.5, 0.6) is 0 Å². The zero-order valence-corrected chi connectivity index (χ0v) is 17.3. The lowest BCUT2D eigenvalue weighted by molar-refractivity contribution is 0.580. The van der Waals surface area contributed by atoms with E-state index in [4.69, 9.17) is 5.14 Å². The maximum absolute atomic E-state index is 11.5. The van der Waals surface area contributed by atoms with Crippen molar-refractivity contribution in [2.24, 2.45) is 5.14 Å². The second-order valence-corrected chi connectivity index (χ2v) is 10.3. The Bertz CT molecular complexity index is 699. The van der Waals surface area contributed by atoms with Gasteiger partial charge in [-0.1, -0.05) is 34.9 Å². The first-order chi connectivity index (χ1) is 11.4. The molecule has 0 aliphatic rings. The van der Waals surface area contributed by atoms with Crippen molar-refractivity contribution in [1.29, 1.82) is 0 Å². The van der Waals surface area contributed by atoms with Gasteiger partial charge in [-0.3, -0.25) is 0 Å². The average Bonchev–Trinajstić information content (AvgIpc) is 2.40. The van der Waals surface area contributed by atoms with E-state index in [2.05, 4.69) is 37.6 Å². The van der Waals surface area contributed by atoms with Gasteiger partial charge in [0.25, 0.3) is 0 Å². The van der Waals surface area contributed by atoms with Crippen molar-refractivity contribution in [1.82, 2.24) is 4.72 Å². The average molecular weight is 393 g/mol. The molecule has 0 heterocycles. The van der Waals surface area contributed by atoms with Crippen LogP contribution >= 0.6 is 0 Å². The van der Waals surface area contributed by atoms with Crippen LogP contribution in [-0.4, -0.2) is 28.5 Å². The summed E-state index contributed by atoms with van der Waals surface area (Å²) in [4.78, 5) is 0. The maximum atomic E-state index is 11.5. The van der Waals surface area contributed by atoms with Gasteiger partial charge in [-0.05, 0) is 59.8 Å². The van der Waals surface area contributed by atoms with Crippen molar-refractivity contribution >= 4 is 20.0 Å². The van der Waals surface area contributed by atoms with E-state index in [0.29, 0.717) is 6.42 Å². The molecular weight excluding hydrogens is 360 g/mol. The monoisotopic (exact) mass is 392 g/mol. The Labute approximate surface area is 153 Å². The highest BCUT2D eigenvalue weighted by molar-refractivity contribution is 8.06. The van der Waals surface area contributed by atoms with Crippen molar-refractivity contribution in [2.45, 2.75) is 59.8 Å². The van der Waals surface area contributed by atoms with Crippen LogP contribution in [0, 0.1) is 0 Å². The van der Waals surface area contributed by atoms with E-state index >= 15 is 0 Å². The molecule has 0 fully saturated rings. The molecule has 0 amide bonds. The summed E-state index contributed by atoms with van der Waals surface area (Å²) < 4.78 is 46.8. The number of primary sulfonamides is 1. The number of sulfonamides is 2. The van der Waals surface area contributed by atoms with Crippen LogP contribution in [0.4, 0.5) is 0 Å². The predicted molar refractivity (Wildman–Crippen MR) is 105 cm³/mol. The third kappa shape index (κ3) is 16.3. The highest BCUT2D eigenvalue weighted by Gasteiger charge is 2.17. The molecule has 0 saturated heterocycles. The number of nitrogens with one attached hydrogen (secondary N) is 1. The van der Waals surface area contributed by atoms with E-state index in [9.17, 15) is 16.8 Å². The van der Waals surface area contributed by atoms with Crippen molar-refractivity contribution in [3.63, 3.8) is 0 Å². The molecule has 0 aliphatic heterocycles. The van der Waals surface area contributed by atoms with Crippen LogP contribution in [0.1, 0.15) is 59.8 Å². The predicted octanol–water partition coefficient (Wildman–Crippen LogP) is 2.96. The molecule has 0 atom stereocenters. The minimum atomic E-state index is -4.04. The first-order valence-electron chi connectivity index (χ1n) is 8.34. The van der Waals surface area contributed by atoms with Crippen LogP contribution in [-0.2, 0) is 20.0 Å². The molecule has 0 aromatic rings. The lowest BCUT2D eigenvalue weighted by Gasteiger charge is -2.04. The molecule has 146 valence electrons. The Kier molecular flexibility index (Phi) is 11.2. The summed E-state index contributed by atoms with van der Waals surface area (Å²) in [6, 6.07) is 0. The molecule has 0 unspecified atom stereocenters. The Balaban J connectivity index is 4.12. The Morgan fingerprint density at radius 3 is 1.80 bits per heavy atom. The highest BCUT2D eigenvalue weighted by Crippen LogP contribution is 2.11. The van der Waals surface area contributed by atoms with Gasteiger partial charge in [0.1, 0.15) is 0 Å². The van der Waals surface area contributed by atoms with Crippen LogP contribution in [0.15, 0.2) is 34.9 Å². The molecule has 6 nitrogen and oxygen atoms in total. The van der Waals surface area contributed by atoms with Gasteiger partial charge in [-0.25, -0.2) is 26.7 Å². The normalized spacial score (nSPS) is 13.8. The SMILES string of the molecule is CC(C)=CCC/C(C)=C/CC/C(C)=C/CCNS(=O)(=O)CS(N)(=O)=O. The number of nitrogens with two attached hydrogens (primary N) is 1. The van der Waals surface area contributed by atoms with Gasteiger partial charge in [0.2, 0.25) is 20.0 Å². The summed E-state index contributed by atoms with van der Waals surface area (Å²) in [6.45, 7) is 8.50. The standard InChI is InChI=1S/C17H32N2O4S2/c1-15(2)8-5-9-16(3)10-6-11-17(4)12-7-13-19-25(22,23)14-24(18,20)21/h8,10,12,19H,5-7,9,11,13-14H2,1-4H3,(H2,18,20,21)/b16-10+,17-12+. The minimum Gasteiger partial charge on any atom is -0.228 e. The van der Waals surface area contributed by atoms with Gasteiger partial charge in [-0.15, -0.1) is 0 Å². The Morgan fingerprint density at radius 1 is 0.840 bits per heavy atom. The van der Waals surface area contributed by atoms with Gasteiger partial charge in [0.05, 0.1) is 0 Å². The van der Waals surface area contributed by atoms with E-state index in [1.54, 1.807) is 0 Å². The lowest BCUT2D eigenvalue weighted by atomic mass is 10.1. The lowest BCUT2D eigenvalue weighted by Crippen LogP contribution is -2.33. The molecule has 0 aliphatic carbocycles. The summed E-state index contributed by atoms with van der Waals surface area (Å²) in [5, 5.41) is 3.65. The van der Waals surface area contributed by atoms with E-state index in [1.165, 1.54) is 16.7 Å². The molecule has 0 aromatic heterocycles. The van der Waals surface area contributed by atoms with Gasteiger partial charge in [0, 0.05) is 6.54 Å². The van der Waals surface area contributed by atoms with E-state index in [1.807, 2.05) is 13.0 Å². The molecule has 0 radical (unpaired) electrons. The summed E-state index contributed by atoms with van der Waals surface area (Å²) in [7, 11) is -7.93. The zero-order valence-electron chi connectivity index (χ0n) is 15.7. The van der Waals surface area contributed by atoms with Crippen LogP contribution in [0.3, 0.4) is 0 Å². The largest absolute Gasteiger partial charge is 0.228 e. The molecule has 0 saturated carbocycles. The number of allylic oxidation sites excluding steroid dienone is 5. The molecule has 0 aromatic carbocycles. The quantitative estimate of drug-likeness (QED) is 0.393. The van der Waals surface area contributed by atoms with E-state index in [-0.39, 0.29) is 6.54 Å². The molecule has 0 bridgehead atoms. The summed E-state index contributed by atoms with van der Waals surface area (Å²) in [6.07, 6.45) is 11.0. The summed E-state index contributed by atoms with van der Waals surface area (Å²) in [5.41, 5.74) is 3.89. The molecule has 25 heavy (non-hydrogen) atoms. The van der Waals surface area contributed by atoms with E-state index < -0.39 is 25.1 Å². The smallest absolute Gasteiger partial charge is 0.227 e. The van der Waals surface area contributed by atoms with Crippen molar-refractivity contribution in [3.8, 4) is 0 Å². The van der Waals surface area contributed by atoms with Gasteiger partial charge in [-0.2, -0.15) is 0 Å². The fourth-order valence-electron chi connectivity index (χ4n) is 2.13. The molecule has 0 rings (SSSR count). The van der Waals surface area contributed by atoms with Crippen LogP contribution < -0.4 is 9.86 Å². The number of hydrogen-bond donors (Lipinski definition) is 2. The minimum absolute atomic E-state index is 0.159. The zero-order chi connectivity index (χ0) is 19.5. The molecule has 8 heteroatoms. The number of rotatable bonds is 12. The van der Waals surface area contributed by atoms with Crippen molar-refractivity contribution < 1.29 is 16.8 Å². The summed E-state index contributed by atoms with van der Waals surface area (Å²) in [5.74, 6) is 0. The van der Waals surface area contributed by atoms with Crippen LogP contribution in [0.2, 0.25) is 0 Å². The van der Waals surface area contributed by atoms with Crippen LogP contribution in [0.25, 0.3) is 0 Å². The fourth-order valence-corrected chi connectivity index (χ4v) is 4.62. The third-order valence-corrected chi connectivity index (χ3v) is 6.60. The fraction of sp³-hybridized carbons (Fsp3) is 0.647. The van der Waals surface area contributed by atoms with Gasteiger partial charge >= 0.3 is 0 Å². The summed E-state index contributed by atoms with van der Waals surface area (Å²) >= 11 is 0. The first-order valence-corrected chi connectivity index (χ1v) is 11.7. The van der Waals surface area contributed by atoms with Gasteiger partial charge in [0.15, 0.2) is 5.08 Å². The molecule has 3 N–H and O–H groups in total. The molecular formula is C17H32N2O4S2. The first kappa shape index (κ1) is 24.0. The Morgan fingerprint density at radius 2 is 1.32 bits per heavy atom. The molecule has 0 spiro atoms. The Hall–Kier alpha value is -0.960. The maximum Gasteiger partial charge on any atom is 0.227 e. The topological polar surface area (TPSA) is 106 Å². The van der Waals surface area contributed by atoms with Gasteiger partial charge < -0.3 is 0 Å². The highest BCUT2D eigenvalue weighted by atomic mass is 32.3. The third-order valence-electron chi connectivity index (χ3n) is 3.40. The van der Waals surface area contributed by atoms with Crippen molar-refractivity contribution in [3.05, 3.63) is 34.9 Å². The second kappa shape index (κ2) is 11.6. The van der Waals surface area contributed by atoms with E-state index in [0.717, 1.165) is 25.7 Å². The van der Waals surface area contributed by atoms with Crippen molar-refractivity contribution in [2.75, 3.05) is 11.6 Å². The second-order valence-electron chi connectivity index (χ2n) is 6.54. The number of hydrogen-bond acceptors (Lipinski definition) is 4.